The van der Waals surface area contributed by atoms with Gasteiger partial charge in [-0.25, -0.2) is 22.5 Å². The Labute approximate surface area is 158 Å². The van der Waals surface area contributed by atoms with Crippen LogP contribution in [0, 0.1) is 19.7 Å². The van der Waals surface area contributed by atoms with E-state index >= 15 is 0 Å². The third-order valence-corrected chi connectivity index (χ3v) is 5.50. The first kappa shape index (κ1) is 19.3. The maximum absolute atomic E-state index is 12.9. The smallest absolute Gasteiger partial charge is 0.226 e. The normalized spacial score (nSPS) is 11.7. The highest BCUT2D eigenvalue weighted by Gasteiger charge is 2.14. The number of rotatable bonds is 7. The van der Waals surface area contributed by atoms with Gasteiger partial charge in [-0.2, -0.15) is 0 Å². The molecule has 0 amide bonds. The van der Waals surface area contributed by atoms with Crippen molar-refractivity contribution >= 4 is 10.0 Å². The largest absolute Gasteiger partial charge is 0.441 e. The van der Waals surface area contributed by atoms with E-state index in [9.17, 15) is 12.8 Å². The van der Waals surface area contributed by atoms with Crippen LogP contribution in [0.4, 0.5) is 4.39 Å². The molecule has 3 aromatic rings. The van der Waals surface area contributed by atoms with Crippen LogP contribution in [0.25, 0.3) is 11.5 Å². The van der Waals surface area contributed by atoms with Gasteiger partial charge in [-0.05, 0) is 43.7 Å². The molecule has 0 unspecified atom stereocenters. The van der Waals surface area contributed by atoms with E-state index in [-0.39, 0.29) is 12.3 Å². The van der Waals surface area contributed by atoms with Gasteiger partial charge in [0.2, 0.25) is 15.9 Å². The van der Waals surface area contributed by atoms with Gasteiger partial charge >= 0.3 is 0 Å². The van der Waals surface area contributed by atoms with E-state index in [0.717, 1.165) is 16.8 Å². The molecule has 0 fully saturated rings. The number of oxazole rings is 1. The Balaban J connectivity index is 1.60. The number of nitrogens with zero attached hydrogens (tertiary/aromatic N) is 1. The van der Waals surface area contributed by atoms with Crippen molar-refractivity contribution in [2.75, 3.05) is 6.54 Å². The lowest BCUT2D eigenvalue weighted by molar-refractivity contribution is 0.538. The predicted molar refractivity (Wildman–Crippen MR) is 102 cm³/mol. The number of sulfonamides is 1. The van der Waals surface area contributed by atoms with Crippen LogP contribution in [0.15, 0.2) is 52.9 Å². The molecule has 2 aromatic carbocycles. The van der Waals surface area contributed by atoms with Crippen LogP contribution < -0.4 is 4.72 Å². The van der Waals surface area contributed by atoms with Crippen LogP contribution in [0.1, 0.15) is 22.6 Å². The molecule has 1 heterocycles. The molecule has 0 radical (unpaired) electrons. The summed E-state index contributed by atoms with van der Waals surface area (Å²) in [5.41, 5.74) is 3.28. The Morgan fingerprint density at radius 3 is 2.37 bits per heavy atom. The Morgan fingerprint density at radius 1 is 1.04 bits per heavy atom. The highest BCUT2D eigenvalue weighted by atomic mass is 32.2. The van der Waals surface area contributed by atoms with Crippen LogP contribution in [-0.4, -0.2) is 19.9 Å². The van der Waals surface area contributed by atoms with Crippen LogP contribution in [0.2, 0.25) is 0 Å². The van der Waals surface area contributed by atoms with Gasteiger partial charge in [-0.15, -0.1) is 0 Å². The molecular weight excluding hydrogens is 367 g/mol. The fourth-order valence-electron chi connectivity index (χ4n) is 2.66. The van der Waals surface area contributed by atoms with Crippen molar-refractivity contribution in [1.82, 2.24) is 9.71 Å². The summed E-state index contributed by atoms with van der Waals surface area (Å²) in [6.07, 6.45) is 0.420. The van der Waals surface area contributed by atoms with E-state index in [4.69, 9.17) is 4.42 Å². The second-order valence-corrected chi connectivity index (χ2v) is 8.22. The van der Waals surface area contributed by atoms with Crippen LogP contribution in [-0.2, 0) is 22.2 Å². The number of benzene rings is 2. The second-order valence-electron chi connectivity index (χ2n) is 6.42. The minimum atomic E-state index is -3.51. The number of nitrogens with one attached hydrogen (secondary N) is 1. The molecule has 0 aliphatic carbocycles. The minimum Gasteiger partial charge on any atom is -0.441 e. The number of aromatic nitrogens is 1. The zero-order valence-corrected chi connectivity index (χ0v) is 16.0. The van der Waals surface area contributed by atoms with Crippen LogP contribution in [0.3, 0.4) is 0 Å². The van der Waals surface area contributed by atoms with Crippen molar-refractivity contribution in [1.29, 1.82) is 0 Å². The van der Waals surface area contributed by atoms with E-state index in [2.05, 4.69) is 9.71 Å². The van der Waals surface area contributed by atoms with E-state index in [1.807, 2.05) is 38.1 Å². The zero-order valence-electron chi connectivity index (χ0n) is 15.2. The van der Waals surface area contributed by atoms with Gasteiger partial charge in [0.15, 0.2) is 0 Å². The summed E-state index contributed by atoms with van der Waals surface area (Å²) in [4.78, 5) is 4.48. The second kappa shape index (κ2) is 8.02. The van der Waals surface area contributed by atoms with Gasteiger partial charge < -0.3 is 4.42 Å². The topological polar surface area (TPSA) is 72.2 Å². The van der Waals surface area contributed by atoms with E-state index in [1.165, 1.54) is 24.3 Å². The third-order valence-electron chi connectivity index (χ3n) is 4.14. The Bertz CT molecular complexity index is 1010. The van der Waals surface area contributed by atoms with Gasteiger partial charge in [0, 0.05) is 18.5 Å². The molecule has 0 spiro atoms. The number of halogens is 1. The quantitative estimate of drug-likeness (QED) is 0.669. The molecule has 1 N–H and O–H groups in total. The maximum atomic E-state index is 12.9. The standard InChI is InChI=1S/C20H21FN2O3S/c1-14-3-7-17(8-4-14)20-23-19(15(2)26-20)11-12-22-27(24,25)13-16-5-9-18(21)10-6-16/h3-10,22H,11-13H2,1-2H3. The third kappa shape index (κ3) is 5.24. The van der Waals surface area contributed by atoms with Crippen LogP contribution in [0.5, 0.6) is 0 Å². The highest BCUT2D eigenvalue weighted by molar-refractivity contribution is 7.88. The van der Waals surface area contributed by atoms with Gasteiger partial charge in [-0.1, -0.05) is 29.8 Å². The average molecular weight is 388 g/mol. The van der Waals surface area contributed by atoms with Crippen molar-refractivity contribution in [2.24, 2.45) is 0 Å². The van der Waals surface area contributed by atoms with E-state index in [0.29, 0.717) is 23.6 Å². The van der Waals surface area contributed by atoms with Gasteiger partial charge in [-0.3, -0.25) is 0 Å². The monoisotopic (exact) mass is 388 g/mol. The number of hydrogen-bond donors (Lipinski definition) is 1. The van der Waals surface area contributed by atoms with Crippen molar-refractivity contribution in [3.8, 4) is 11.5 Å². The average Bonchev–Trinajstić information content (AvgIpc) is 2.98. The lowest BCUT2D eigenvalue weighted by atomic mass is 10.1. The molecular formula is C20H21FN2O3S. The van der Waals surface area contributed by atoms with Crippen molar-refractivity contribution in [3.63, 3.8) is 0 Å². The van der Waals surface area contributed by atoms with Crippen molar-refractivity contribution in [2.45, 2.75) is 26.0 Å². The first-order valence-corrected chi connectivity index (χ1v) is 10.2. The zero-order chi connectivity index (χ0) is 19.4. The van der Waals surface area contributed by atoms with Gasteiger partial charge in [0.05, 0.1) is 11.4 Å². The van der Waals surface area contributed by atoms with E-state index < -0.39 is 15.8 Å². The molecule has 1 aromatic heterocycles. The molecule has 0 saturated heterocycles. The van der Waals surface area contributed by atoms with Gasteiger partial charge in [0.1, 0.15) is 11.6 Å². The lowest BCUT2D eigenvalue weighted by Gasteiger charge is -2.06. The summed E-state index contributed by atoms with van der Waals surface area (Å²) in [7, 11) is -3.51. The summed E-state index contributed by atoms with van der Waals surface area (Å²) >= 11 is 0. The first-order valence-electron chi connectivity index (χ1n) is 8.57. The van der Waals surface area contributed by atoms with Crippen LogP contribution >= 0.6 is 0 Å². The van der Waals surface area contributed by atoms with Gasteiger partial charge in [0.25, 0.3) is 0 Å². The fourth-order valence-corrected chi connectivity index (χ4v) is 3.80. The van der Waals surface area contributed by atoms with Crippen molar-refractivity contribution < 1.29 is 17.2 Å². The summed E-state index contributed by atoms with van der Waals surface area (Å²) in [6, 6.07) is 13.3. The molecule has 3 rings (SSSR count). The number of hydrogen-bond acceptors (Lipinski definition) is 4. The molecule has 0 aliphatic rings. The summed E-state index contributed by atoms with van der Waals surface area (Å²) in [5.74, 6) is 0.606. The molecule has 27 heavy (non-hydrogen) atoms. The molecule has 0 atom stereocenters. The highest BCUT2D eigenvalue weighted by Crippen LogP contribution is 2.22. The Kier molecular flexibility index (Phi) is 5.72. The molecule has 0 bridgehead atoms. The van der Waals surface area contributed by atoms with Crippen molar-refractivity contribution in [3.05, 3.63) is 76.9 Å². The lowest BCUT2D eigenvalue weighted by Crippen LogP contribution is -2.27. The minimum absolute atomic E-state index is 0.195. The maximum Gasteiger partial charge on any atom is 0.226 e. The summed E-state index contributed by atoms with van der Waals surface area (Å²) < 4.78 is 45.5. The Hall–Kier alpha value is -2.51. The fraction of sp³-hybridized carbons (Fsp3) is 0.250. The molecule has 0 saturated carbocycles. The molecule has 5 nitrogen and oxygen atoms in total. The molecule has 7 heteroatoms. The SMILES string of the molecule is Cc1ccc(-c2nc(CCNS(=O)(=O)Cc3ccc(F)cc3)c(C)o2)cc1. The summed E-state index contributed by atoms with van der Waals surface area (Å²) in [6.45, 7) is 4.03. The van der Waals surface area contributed by atoms with E-state index in [1.54, 1.807) is 0 Å². The molecule has 142 valence electrons. The summed E-state index contributed by atoms with van der Waals surface area (Å²) in [5, 5.41) is 0. The molecule has 0 aliphatic heterocycles. The Morgan fingerprint density at radius 2 is 1.70 bits per heavy atom. The number of aryl methyl sites for hydroxylation is 2. The predicted octanol–water partition coefficient (Wildman–Crippen LogP) is 3.76. The first-order chi connectivity index (χ1) is 12.8.